The first-order valence-corrected chi connectivity index (χ1v) is 7.67. The molecular formula is C15H29NO2. The lowest BCUT2D eigenvalue weighted by atomic mass is 9.98. The summed E-state index contributed by atoms with van der Waals surface area (Å²) in [5, 5.41) is 13.3. The molecule has 0 aromatic rings. The fourth-order valence-electron chi connectivity index (χ4n) is 3.08. The molecule has 18 heavy (non-hydrogen) atoms. The van der Waals surface area contributed by atoms with Crippen LogP contribution in [0.25, 0.3) is 0 Å². The van der Waals surface area contributed by atoms with E-state index in [2.05, 4.69) is 19.2 Å². The number of ether oxygens (including phenoxy) is 1. The number of hydrogen-bond acceptors (Lipinski definition) is 3. The highest BCUT2D eigenvalue weighted by Gasteiger charge is 2.42. The minimum atomic E-state index is -0.0418. The van der Waals surface area contributed by atoms with Crippen LogP contribution in [0.3, 0.4) is 0 Å². The predicted molar refractivity (Wildman–Crippen MR) is 73.6 cm³/mol. The van der Waals surface area contributed by atoms with Gasteiger partial charge in [0, 0.05) is 18.2 Å². The summed E-state index contributed by atoms with van der Waals surface area (Å²) >= 11 is 0. The zero-order valence-electron chi connectivity index (χ0n) is 12.0. The van der Waals surface area contributed by atoms with Gasteiger partial charge in [-0.2, -0.15) is 0 Å². The molecular weight excluding hydrogens is 226 g/mol. The van der Waals surface area contributed by atoms with Crippen LogP contribution in [0.5, 0.6) is 0 Å². The van der Waals surface area contributed by atoms with Gasteiger partial charge in [-0.1, -0.05) is 20.3 Å². The molecule has 2 fully saturated rings. The molecule has 2 rings (SSSR count). The summed E-state index contributed by atoms with van der Waals surface area (Å²) in [4.78, 5) is 0. The number of hydrogen-bond donors (Lipinski definition) is 2. The van der Waals surface area contributed by atoms with Crippen molar-refractivity contribution in [1.82, 2.24) is 5.32 Å². The highest BCUT2D eigenvalue weighted by atomic mass is 16.5. The Labute approximate surface area is 111 Å². The molecule has 2 aliphatic carbocycles. The molecule has 3 unspecified atom stereocenters. The van der Waals surface area contributed by atoms with Crippen LogP contribution in [0.2, 0.25) is 0 Å². The molecule has 0 radical (unpaired) electrons. The van der Waals surface area contributed by atoms with Gasteiger partial charge >= 0.3 is 0 Å². The Balaban J connectivity index is 1.72. The van der Waals surface area contributed by atoms with Crippen LogP contribution in [0.15, 0.2) is 0 Å². The normalized spacial score (nSPS) is 33.8. The lowest BCUT2D eigenvalue weighted by molar-refractivity contribution is 0.0262. The van der Waals surface area contributed by atoms with Crippen molar-refractivity contribution in [2.24, 2.45) is 5.92 Å². The van der Waals surface area contributed by atoms with Gasteiger partial charge in [0.05, 0.1) is 12.7 Å². The number of rotatable bonds is 8. The van der Waals surface area contributed by atoms with Crippen LogP contribution in [0.1, 0.15) is 58.8 Å². The van der Waals surface area contributed by atoms with E-state index in [1.54, 1.807) is 0 Å². The second-order valence-corrected chi connectivity index (χ2v) is 6.45. The molecule has 3 nitrogen and oxygen atoms in total. The average Bonchev–Trinajstić information content (AvgIpc) is 3.06. The first-order chi connectivity index (χ1) is 8.67. The summed E-state index contributed by atoms with van der Waals surface area (Å²) in [7, 11) is 0. The Hall–Kier alpha value is -0.120. The summed E-state index contributed by atoms with van der Waals surface area (Å²) in [6.07, 6.45) is 8.53. The van der Waals surface area contributed by atoms with Gasteiger partial charge in [0.1, 0.15) is 0 Å². The lowest BCUT2D eigenvalue weighted by Gasteiger charge is -2.28. The van der Waals surface area contributed by atoms with Gasteiger partial charge in [-0.25, -0.2) is 0 Å². The second-order valence-electron chi connectivity index (χ2n) is 6.45. The van der Waals surface area contributed by atoms with Crippen molar-refractivity contribution >= 4 is 0 Å². The first kappa shape index (κ1) is 14.3. The highest BCUT2D eigenvalue weighted by Crippen LogP contribution is 2.35. The van der Waals surface area contributed by atoms with E-state index in [4.69, 9.17) is 4.74 Å². The molecule has 0 heterocycles. The quantitative estimate of drug-likeness (QED) is 0.700. The predicted octanol–water partition coefficient (Wildman–Crippen LogP) is 2.47. The van der Waals surface area contributed by atoms with Gasteiger partial charge in [-0.05, 0) is 44.4 Å². The molecule has 2 N–H and O–H groups in total. The van der Waals surface area contributed by atoms with E-state index in [9.17, 15) is 5.11 Å². The smallest absolute Gasteiger partial charge is 0.0614 e. The maximum absolute atomic E-state index is 9.65. The summed E-state index contributed by atoms with van der Waals surface area (Å²) in [5.74, 6) is 0.663. The van der Waals surface area contributed by atoms with Gasteiger partial charge in [0.25, 0.3) is 0 Å². The van der Waals surface area contributed by atoms with E-state index < -0.39 is 0 Å². The molecule has 0 saturated heterocycles. The zero-order chi connectivity index (χ0) is 13.0. The second kappa shape index (κ2) is 6.36. The number of aliphatic hydroxyl groups is 1. The van der Waals surface area contributed by atoms with E-state index in [1.165, 1.54) is 25.7 Å². The molecule has 106 valence electrons. The van der Waals surface area contributed by atoms with Crippen LogP contribution in [0, 0.1) is 5.92 Å². The Bertz CT molecular complexity index is 255. The Morgan fingerprint density at radius 2 is 2.17 bits per heavy atom. The van der Waals surface area contributed by atoms with Crippen molar-refractivity contribution in [3.63, 3.8) is 0 Å². The maximum Gasteiger partial charge on any atom is 0.0614 e. The van der Waals surface area contributed by atoms with Crippen LogP contribution in [0.4, 0.5) is 0 Å². The third-order valence-corrected chi connectivity index (χ3v) is 4.35. The van der Waals surface area contributed by atoms with E-state index in [0.717, 1.165) is 25.9 Å². The number of nitrogens with one attached hydrogen (secondary N) is 1. The highest BCUT2D eigenvalue weighted by molar-refractivity contribution is 5.01. The van der Waals surface area contributed by atoms with Crippen molar-refractivity contribution in [2.45, 2.75) is 76.5 Å². The lowest BCUT2D eigenvalue weighted by Crippen LogP contribution is -2.48. The standard InChI is InChI=1S/C15H29NO2/c1-3-4-12(2)10-18-14-7-8-15(9-14,11-17)16-13-5-6-13/h12-14,16-17H,3-11H2,1-2H3. The third-order valence-electron chi connectivity index (χ3n) is 4.35. The van der Waals surface area contributed by atoms with Gasteiger partial charge in [0.2, 0.25) is 0 Å². The summed E-state index contributed by atoms with van der Waals surface area (Å²) < 4.78 is 6.03. The fourth-order valence-corrected chi connectivity index (χ4v) is 3.08. The van der Waals surface area contributed by atoms with E-state index >= 15 is 0 Å². The molecule has 0 spiro atoms. The monoisotopic (exact) mass is 255 g/mol. The van der Waals surface area contributed by atoms with Crippen molar-refractivity contribution in [3.8, 4) is 0 Å². The topological polar surface area (TPSA) is 41.5 Å². The Morgan fingerprint density at radius 3 is 2.78 bits per heavy atom. The fraction of sp³-hybridized carbons (Fsp3) is 1.00. The van der Waals surface area contributed by atoms with Crippen molar-refractivity contribution in [3.05, 3.63) is 0 Å². The van der Waals surface area contributed by atoms with E-state index in [-0.39, 0.29) is 12.1 Å². The molecule has 0 aromatic carbocycles. The summed E-state index contributed by atoms with van der Waals surface area (Å²) in [6.45, 7) is 5.62. The molecule has 3 atom stereocenters. The zero-order valence-corrected chi connectivity index (χ0v) is 12.0. The van der Waals surface area contributed by atoms with Crippen LogP contribution >= 0.6 is 0 Å². The average molecular weight is 255 g/mol. The van der Waals surface area contributed by atoms with Crippen LogP contribution < -0.4 is 5.32 Å². The first-order valence-electron chi connectivity index (χ1n) is 7.67. The molecule has 3 heteroatoms. The maximum atomic E-state index is 9.65. The molecule has 0 aliphatic heterocycles. The minimum absolute atomic E-state index is 0.0418. The molecule has 2 aliphatic rings. The van der Waals surface area contributed by atoms with Crippen molar-refractivity contribution in [1.29, 1.82) is 0 Å². The minimum Gasteiger partial charge on any atom is -0.394 e. The SMILES string of the molecule is CCCC(C)COC1CCC(CO)(NC2CC2)C1. The van der Waals surface area contributed by atoms with E-state index in [1.807, 2.05) is 0 Å². The third kappa shape index (κ3) is 3.94. The Morgan fingerprint density at radius 1 is 1.39 bits per heavy atom. The van der Waals surface area contributed by atoms with Crippen LogP contribution in [-0.4, -0.2) is 36.0 Å². The molecule has 0 amide bonds. The number of aliphatic hydroxyl groups excluding tert-OH is 1. The largest absolute Gasteiger partial charge is 0.394 e. The van der Waals surface area contributed by atoms with Crippen molar-refractivity contribution in [2.75, 3.05) is 13.2 Å². The van der Waals surface area contributed by atoms with Gasteiger partial charge in [-0.3, -0.25) is 0 Å². The Kier molecular flexibility index (Phi) is 5.05. The van der Waals surface area contributed by atoms with Crippen LogP contribution in [-0.2, 0) is 4.74 Å². The van der Waals surface area contributed by atoms with E-state index in [0.29, 0.717) is 18.1 Å². The van der Waals surface area contributed by atoms with Gasteiger partial charge in [0.15, 0.2) is 0 Å². The van der Waals surface area contributed by atoms with Crippen molar-refractivity contribution < 1.29 is 9.84 Å². The molecule has 0 bridgehead atoms. The summed E-state index contributed by atoms with van der Waals surface area (Å²) in [5.41, 5.74) is -0.0418. The van der Waals surface area contributed by atoms with Gasteiger partial charge < -0.3 is 15.2 Å². The summed E-state index contributed by atoms with van der Waals surface area (Å²) in [6, 6.07) is 0.662. The molecule has 0 aromatic heterocycles. The van der Waals surface area contributed by atoms with Gasteiger partial charge in [-0.15, -0.1) is 0 Å². The molecule has 2 saturated carbocycles.